The van der Waals surface area contributed by atoms with E-state index in [1.165, 1.54) is 32.3 Å². The normalized spacial score (nSPS) is 11.8. The molecule has 4 heteroatoms. The molecule has 0 unspecified atom stereocenters. The average Bonchev–Trinajstić information content (AvgIpc) is 2.96. The van der Waals surface area contributed by atoms with E-state index in [-0.39, 0.29) is 0 Å². The van der Waals surface area contributed by atoms with E-state index in [1.807, 2.05) is 0 Å². The van der Waals surface area contributed by atoms with Gasteiger partial charge in [-0.25, -0.2) is 0 Å². The number of hydrogen-bond donors (Lipinski definition) is 0. The van der Waals surface area contributed by atoms with Crippen LogP contribution in [0.1, 0.15) is 11.1 Å². The Hall–Kier alpha value is -2.00. The molecule has 0 aliphatic rings. The van der Waals surface area contributed by atoms with E-state index in [1.54, 1.807) is 0 Å². The van der Waals surface area contributed by atoms with Crippen LogP contribution in [-0.2, 0) is 12.3 Å². The van der Waals surface area contributed by atoms with Crippen molar-refractivity contribution in [3.63, 3.8) is 0 Å². The molecule has 5 aromatic rings. The minimum absolute atomic E-state index is 1.00. The molecule has 0 aliphatic heterocycles. The van der Waals surface area contributed by atoms with Crippen molar-refractivity contribution in [3.05, 3.63) is 157 Å². The Kier molecular flexibility index (Phi) is 8.25. The summed E-state index contributed by atoms with van der Waals surface area (Å²) >= 11 is 7.47. The molecule has 0 radical (unpaired) electrons. The van der Waals surface area contributed by atoms with Crippen molar-refractivity contribution in [3.8, 4) is 0 Å². The SMILES string of the molecule is [Se]=P(Cc1ccccc1CP(=[Se])(c1ccccc1)c1ccccc1)(c1ccccc1)c1ccccc1. The van der Waals surface area contributed by atoms with Gasteiger partial charge in [-0.2, -0.15) is 0 Å². The van der Waals surface area contributed by atoms with Crippen LogP contribution in [0.25, 0.3) is 0 Å². The Labute approximate surface area is 230 Å². The van der Waals surface area contributed by atoms with Crippen molar-refractivity contribution in [2.75, 3.05) is 0 Å². The van der Waals surface area contributed by atoms with Crippen molar-refractivity contribution < 1.29 is 0 Å². The molecular formula is C32H28P2Se2. The predicted molar refractivity (Wildman–Crippen MR) is 164 cm³/mol. The van der Waals surface area contributed by atoms with Gasteiger partial charge in [0.15, 0.2) is 0 Å². The van der Waals surface area contributed by atoms with Gasteiger partial charge < -0.3 is 0 Å². The topological polar surface area (TPSA) is 0 Å². The zero-order valence-electron chi connectivity index (χ0n) is 20.0. The van der Waals surface area contributed by atoms with Crippen LogP contribution in [0.5, 0.6) is 0 Å². The molecule has 178 valence electrons. The van der Waals surface area contributed by atoms with Gasteiger partial charge in [-0.3, -0.25) is 0 Å². The minimum atomic E-state index is -1.76. The fourth-order valence-corrected chi connectivity index (χ4v) is 15.0. The maximum absolute atomic E-state index is 3.74. The molecular weight excluding hydrogens is 604 g/mol. The third kappa shape index (κ3) is 5.47. The summed E-state index contributed by atoms with van der Waals surface area (Å²) in [6, 6.07) is 53.2. The Bertz CT molecular complexity index is 1310. The maximum atomic E-state index is 3.74. The van der Waals surface area contributed by atoms with Crippen LogP contribution in [-0.4, -0.2) is 30.2 Å². The zero-order valence-corrected chi connectivity index (χ0v) is 25.2. The summed E-state index contributed by atoms with van der Waals surface area (Å²) in [7, 11) is 0. The predicted octanol–water partition coefficient (Wildman–Crippen LogP) is 6.19. The molecule has 36 heavy (non-hydrogen) atoms. The van der Waals surface area contributed by atoms with E-state index >= 15 is 0 Å². The Morgan fingerprint density at radius 2 is 0.556 bits per heavy atom. The van der Waals surface area contributed by atoms with E-state index in [2.05, 4.69) is 176 Å². The van der Waals surface area contributed by atoms with E-state index in [9.17, 15) is 0 Å². The Balaban J connectivity index is 1.61. The molecule has 5 aromatic carbocycles. The summed E-state index contributed by atoms with van der Waals surface area (Å²) in [5, 5.41) is 5.62. The number of benzene rings is 5. The van der Waals surface area contributed by atoms with E-state index in [0.29, 0.717) is 0 Å². The van der Waals surface area contributed by atoms with Gasteiger partial charge >= 0.3 is 231 Å². The van der Waals surface area contributed by atoms with Gasteiger partial charge in [-0.05, 0) is 0 Å². The molecule has 0 heterocycles. The summed E-state index contributed by atoms with van der Waals surface area (Å²) in [5.41, 5.74) is -0.642. The summed E-state index contributed by atoms with van der Waals surface area (Å²) in [6.07, 6.45) is 2.00. The molecule has 0 bridgehead atoms. The van der Waals surface area contributed by atoms with Crippen molar-refractivity contribution >= 4 is 62.4 Å². The second-order valence-corrected chi connectivity index (χ2v) is 22.4. The first kappa shape index (κ1) is 25.6. The van der Waals surface area contributed by atoms with Crippen molar-refractivity contribution in [2.45, 2.75) is 12.3 Å². The fraction of sp³-hybridized carbons (Fsp3) is 0.0625. The molecule has 0 aliphatic carbocycles. The molecule has 0 fully saturated rings. The van der Waals surface area contributed by atoms with Crippen LogP contribution < -0.4 is 21.2 Å². The third-order valence-corrected chi connectivity index (χ3v) is 19.6. The first-order chi connectivity index (χ1) is 17.6. The Morgan fingerprint density at radius 1 is 0.333 bits per heavy atom. The number of hydrogen-bond acceptors (Lipinski definition) is 0. The fourth-order valence-electron chi connectivity index (χ4n) is 4.68. The summed E-state index contributed by atoms with van der Waals surface area (Å²) < 4.78 is 0. The van der Waals surface area contributed by atoms with Crippen LogP contribution in [0.4, 0.5) is 0 Å². The number of rotatable bonds is 8. The van der Waals surface area contributed by atoms with Crippen molar-refractivity contribution in [1.29, 1.82) is 0 Å². The molecule has 0 saturated carbocycles. The zero-order chi connectivity index (χ0) is 24.8. The van der Waals surface area contributed by atoms with Crippen molar-refractivity contribution in [2.24, 2.45) is 0 Å². The standard InChI is InChI=1S/C32H28P2Se2/c35-33(29-17-5-1-6-18-29,30-19-7-2-8-20-30)25-27-15-13-14-16-28(27)26-34(36,31-21-9-3-10-22-31)32-23-11-4-12-24-32/h1-24H,25-26H2. The molecule has 0 aromatic heterocycles. The van der Waals surface area contributed by atoms with E-state index in [4.69, 9.17) is 0 Å². The molecule has 0 nitrogen and oxygen atoms in total. The summed E-state index contributed by atoms with van der Waals surface area (Å²) in [4.78, 5) is 0. The molecule has 0 atom stereocenters. The average molecular weight is 632 g/mol. The van der Waals surface area contributed by atoms with Gasteiger partial charge in [0.1, 0.15) is 0 Å². The summed E-state index contributed by atoms with van der Waals surface area (Å²) in [6.45, 7) is 0. The molecule has 0 amide bonds. The van der Waals surface area contributed by atoms with Crippen LogP contribution in [0.2, 0.25) is 0 Å². The van der Waals surface area contributed by atoms with Gasteiger partial charge in [-0.1, -0.05) is 0 Å². The monoisotopic (exact) mass is 634 g/mol. The molecule has 0 saturated heterocycles. The van der Waals surface area contributed by atoms with Crippen molar-refractivity contribution in [1.82, 2.24) is 0 Å². The first-order valence-electron chi connectivity index (χ1n) is 12.1. The van der Waals surface area contributed by atoms with Gasteiger partial charge in [0, 0.05) is 0 Å². The second-order valence-electron chi connectivity index (χ2n) is 8.91. The first-order valence-corrected chi connectivity index (χ1v) is 20.4. The van der Waals surface area contributed by atoms with Gasteiger partial charge in [0.05, 0.1) is 0 Å². The third-order valence-electron chi connectivity index (χ3n) is 6.60. The van der Waals surface area contributed by atoms with Crippen LogP contribution in [0, 0.1) is 0 Å². The van der Waals surface area contributed by atoms with Crippen LogP contribution in [0.3, 0.4) is 0 Å². The van der Waals surface area contributed by atoms with E-state index in [0.717, 1.165) is 12.3 Å². The quantitative estimate of drug-likeness (QED) is 0.142. The molecule has 5 rings (SSSR count). The van der Waals surface area contributed by atoms with Gasteiger partial charge in [0.25, 0.3) is 0 Å². The van der Waals surface area contributed by atoms with Crippen LogP contribution in [0.15, 0.2) is 146 Å². The van der Waals surface area contributed by atoms with Crippen LogP contribution >= 0.6 is 11.0 Å². The Morgan fingerprint density at radius 3 is 0.806 bits per heavy atom. The molecule has 0 N–H and O–H groups in total. The van der Waals surface area contributed by atoms with E-state index < -0.39 is 11.0 Å². The molecule has 0 spiro atoms. The summed E-state index contributed by atoms with van der Waals surface area (Å²) in [5.74, 6) is 0. The van der Waals surface area contributed by atoms with Gasteiger partial charge in [-0.15, -0.1) is 0 Å². The second kappa shape index (κ2) is 11.6. The van der Waals surface area contributed by atoms with Gasteiger partial charge in [0.2, 0.25) is 0 Å².